The first-order valence-corrected chi connectivity index (χ1v) is 6.97. The van der Waals surface area contributed by atoms with Gasteiger partial charge in [0.05, 0.1) is 25.2 Å². The van der Waals surface area contributed by atoms with Crippen LogP contribution in [0.2, 0.25) is 0 Å². The lowest BCUT2D eigenvalue weighted by atomic mass is 10.1. The molecule has 19 heavy (non-hydrogen) atoms. The fraction of sp³-hybridized carbons (Fsp3) is 0.400. The molecule has 0 aliphatic rings. The van der Waals surface area contributed by atoms with Crippen molar-refractivity contribution in [2.24, 2.45) is 0 Å². The Hall–Kier alpha value is -1.48. The molecule has 0 N–H and O–H groups in total. The lowest BCUT2D eigenvalue weighted by Crippen LogP contribution is -2.06. The SMILES string of the molecule is CCc1c(C)c(CCl)nn1Cc1ccc(OC)cc1. The maximum Gasteiger partial charge on any atom is 0.118 e. The predicted molar refractivity (Wildman–Crippen MR) is 78.0 cm³/mol. The highest BCUT2D eigenvalue weighted by molar-refractivity contribution is 6.17. The summed E-state index contributed by atoms with van der Waals surface area (Å²) < 4.78 is 7.22. The molecule has 0 unspecified atom stereocenters. The van der Waals surface area contributed by atoms with Gasteiger partial charge in [-0.3, -0.25) is 4.68 Å². The number of aromatic nitrogens is 2. The first kappa shape index (κ1) is 13.9. The monoisotopic (exact) mass is 278 g/mol. The van der Waals surface area contributed by atoms with Crippen LogP contribution in [0.4, 0.5) is 0 Å². The van der Waals surface area contributed by atoms with E-state index in [0.29, 0.717) is 5.88 Å². The zero-order valence-corrected chi connectivity index (χ0v) is 12.4. The molecule has 0 aliphatic heterocycles. The molecular weight excluding hydrogens is 260 g/mol. The molecule has 0 bridgehead atoms. The van der Waals surface area contributed by atoms with Crippen LogP contribution in [0.1, 0.15) is 29.4 Å². The smallest absolute Gasteiger partial charge is 0.118 e. The number of hydrogen-bond acceptors (Lipinski definition) is 2. The van der Waals surface area contributed by atoms with Crippen molar-refractivity contribution in [2.75, 3.05) is 7.11 Å². The van der Waals surface area contributed by atoms with Gasteiger partial charge in [0, 0.05) is 5.69 Å². The average molecular weight is 279 g/mol. The lowest BCUT2D eigenvalue weighted by molar-refractivity contribution is 0.414. The first-order chi connectivity index (χ1) is 9.19. The fourth-order valence-corrected chi connectivity index (χ4v) is 2.50. The summed E-state index contributed by atoms with van der Waals surface area (Å²) in [6.07, 6.45) is 0.964. The summed E-state index contributed by atoms with van der Waals surface area (Å²) >= 11 is 5.92. The van der Waals surface area contributed by atoms with Crippen molar-refractivity contribution in [3.8, 4) is 5.75 Å². The molecule has 1 aromatic carbocycles. The zero-order valence-electron chi connectivity index (χ0n) is 11.6. The normalized spacial score (nSPS) is 10.7. The van der Waals surface area contributed by atoms with Crippen LogP contribution in [0.25, 0.3) is 0 Å². The van der Waals surface area contributed by atoms with Gasteiger partial charge < -0.3 is 4.74 Å². The van der Waals surface area contributed by atoms with Crippen LogP contribution in [0.15, 0.2) is 24.3 Å². The number of methoxy groups -OCH3 is 1. The molecule has 2 rings (SSSR count). The summed E-state index contributed by atoms with van der Waals surface area (Å²) in [5.41, 5.74) is 4.66. The minimum absolute atomic E-state index is 0.467. The maximum atomic E-state index is 5.92. The van der Waals surface area contributed by atoms with Crippen molar-refractivity contribution in [1.82, 2.24) is 9.78 Å². The van der Waals surface area contributed by atoms with Gasteiger partial charge in [-0.1, -0.05) is 19.1 Å². The zero-order chi connectivity index (χ0) is 13.8. The van der Waals surface area contributed by atoms with E-state index in [9.17, 15) is 0 Å². The predicted octanol–water partition coefficient (Wildman–Crippen LogP) is 3.55. The van der Waals surface area contributed by atoms with E-state index in [-0.39, 0.29) is 0 Å². The average Bonchev–Trinajstić information content (AvgIpc) is 2.75. The van der Waals surface area contributed by atoms with E-state index in [1.165, 1.54) is 16.8 Å². The first-order valence-electron chi connectivity index (χ1n) is 6.43. The molecule has 0 spiro atoms. The topological polar surface area (TPSA) is 27.1 Å². The maximum absolute atomic E-state index is 5.92. The highest BCUT2D eigenvalue weighted by atomic mass is 35.5. The molecule has 1 heterocycles. The minimum Gasteiger partial charge on any atom is -0.497 e. The molecule has 0 saturated carbocycles. The molecule has 1 aromatic heterocycles. The van der Waals surface area contributed by atoms with Crippen LogP contribution in [0.3, 0.4) is 0 Å². The van der Waals surface area contributed by atoms with E-state index in [0.717, 1.165) is 24.4 Å². The number of hydrogen-bond donors (Lipinski definition) is 0. The van der Waals surface area contributed by atoms with E-state index in [1.807, 2.05) is 12.1 Å². The Labute approximate surface area is 119 Å². The highest BCUT2D eigenvalue weighted by Gasteiger charge is 2.12. The Balaban J connectivity index is 2.26. The molecule has 102 valence electrons. The van der Waals surface area contributed by atoms with Crippen LogP contribution in [-0.4, -0.2) is 16.9 Å². The summed E-state index contributed by atoms with van der Waals surface area (Å²) in [7, 11) is 1.67. The van der Waals surface area contributed by atoms with Crippen molar-refractivity contribution in [1.29, 1.82) is 0 Å². The van der Waals surface area contributed by atoms with Gasteiger partial charge in [-0.05, 0) is 36.6 Å². The third-order valence-corrected chi connectivity index (χ3v) is 3.62. The summed E-state index contributed by atoms with van der Waals surface area (Å²) in [6, 6.07) is 8.07. The molecule has 0 atom stereocenters. The van der Waals surface area contributed by atoms with E-state index in [2.05, 4.69) is 35.8 Å². The van der Waals surface area contributed by atoms with Gasteiger partial charge in [0.25, 0.3) is 0 Å². The number of benzene rings is 1. The van der Waals surface area contributed by atoms with Gasteiger partial charge in [0.15, 0.2) is 0 Å². The Bertz CT molecular complexity index is 546. The molecule has 0 fully saturated rings. The minimum atomic E-state index is 0.467. The number of nitrogens with zero attached hydrogens (tertiary/aromatic N) is 2. The third-order valence-electron chi connectivity index (χ3n) is 3.37. The van der Waals surface area contributed by atoms with Crippen molar-refractivity contribution < 1.29 is 4.74 Å². The number of ether oxygens (including phenoxy) is 1. The number of alkyl halides is 1. The van der Waals surface area contributed by atoms with Gasteiger partial charge in [-0.15, -0.1) is 11.6 Å². The highest BCUT2D eigenvalue weighted by Crippen LogP contribution is 2.18. The second-order valence-electron chi connectivity index (χ2n) is 4.51. The van der Waals surface area contributed by atoms with Crippen molar-refractivity contribution >= 4 is 11.6 Å². The summed E-state index contributed by atoms with van der Waals surface area (Å²) in [5.74, 6) is 1.34. The number of halogens is 1. The Morgan fingerprint density at radius 1 is 1.26 bits per heavy atom. The van der Waals surface area contributed by atoms with Gasteiger partial charge in [0.2, 0.25) is 0 Å². The van der Waals surface area contributed by atoms with Gasteiger partial charge in [0.1, 0.15) is 5.75 Å². The summed E-state index contributed by atoms with van der Waals surface area (Å²) in [6.45, 7) is 5.01. The molecule has 0 saturated heterocycles. The molecular formula is C15H19ClN2O. The van der Waals surface area contributed by atoms with E-state index < -0.39 is 0 Å². The lowest BCUT2D eigenvalue weighted by Gasteiger charge is -2.07. The Kier molecular flexibility index (Phi) is 4.48. The second kappa shape index (κ2) is 6.11. The van der Waals surface area contributed by atoms with Crippen molar-refractivity contribution in [2.45, 2.75) is 32.7 Å². The van der Waals surface area contributed by atoms with Crippen LogP contribution in [0.5, 0.6) is 5.75 Å². The summed E-state index contributed by atoms with van der Waals surface area (Å²) in [4.78, 5) is 0. The standard InChI is InChI=1S/C15H19ClN2O/c1-4-15-11(2)14(9-16)17-18(15)10-12-5-7-13(19-3)8-6-12/h5-8H,4,9-10H2,1-3H3. The van der Waals surface area contributed by atoms with Crippen LogP contribution in [-0.2, 0) is 18.8 Å². The largest absolute Gasteiger partial charge is 0.497 e. The Morgan fingerprint density at radius 3 is 2.47 bits per heavy atom. The van der Waals surface area contributed by atoms with Gasteiger partial charge >= 0.3 is 0 Å². The van der Waals surface area contributed by atoms with E-state index in [4.69, 9.17) is 16.3 Å². The molecule has 3 nitrogen and oxygen atoms in total. The molecule has 0 aliphatic carbocycles. The van der Waals surface area contributed by atoms with Crippen LogP contribution >= 0.6 is 11.6 Å². The van der Waals surface area contributed by atoms with Gasteiger partial charge in [-0.25, -0.2) is 0 Å². The fourth-order valence-electron chi connectivity index (χ4n) is 2.25. The molecule has 0 radical (unpaired) electrons. The quantitative estimate of drug-likeness (QED) is 0.782. The molecule has 0 amide bonds. The van der Waals surface area contributed by atoms with Crippen molar-refractivity contribution in [3.05, 3.63) is 46.8 Å². The van der Waals surface area contributed by atoms with Crippen LogP contribution in [0, 0.1) is 6.92 Å². The van der Waals surface area contributed by atoms with E-state index >= 15 is 0 Å². The second-order valence-corrected chi connectivity index (χ2v) is 4.78. The summed E-state index contributed by atoms with van der Waals surface area (Å²) in [5, 5.41) is 4.59. The Morgan fingerprint density at radius 2 is 1.95 bits per heavy atom. The van der Waals surface area contributed by atoms with Gasteiger partial charge in [-0.2, -0.15) is 5.10 Å². The molecule has 2 aromatic rings. The van der Waals surface area contributed by atoms with Crippen molar-refractivity contribution in [3.63, 3.8) is 0 Å². The third kappa shape index (κ3) is 2.92. The van der Waals surface area contributed by atoms with Crippen LogP contribution < -0.4 is 4.74 Å². The molecule has 4 heteroatoms. The van der Waals surface area contributed by atoms with E-state index in [1.54, 1.807) is 7.11 Å². The number of rotatable bonds is 5.